The molecule has 0 bridgehead atoms. The number of hydrogen-bond acceptors (Lipinski definition) is 7. The van der Waals surface area contributed by atoms with Crippen molar-refractivity contribution in [1.82, 2.24) is 20.5 Å². The molecule has 11 nitrogen and oxygen atoms in total. The van der Waals surface area contributed by atoms with E-state index in [4.69, 9.17) is 9.47 Å². The largest absolute Gasteiger partial charge is 0.479 e. The van der Waals surface area contributed by atoms with Gasteiger partial charge in [-0.1, -0.05) is 43.2 Å². The van der Waals surface area contributed by atoms with Crippen molar-refractivity contribution in [3.8, 4) is 5.88 Å². The van der Waals surface area contributed by atoms with E-state index in [0.29, 0.717) is 23.7 Å². The first kappa shape index (κ1) is 33.2. The summed E-state index contributed by atoms with van der Waals surface area (Å²) in [6.07, 6.45) is 5.92. The summed E-state index contributed by atoms with van der Waals surface area (Å²) in [5.41, 5.74) is -1.86. The summed E-state index contributed by atoms with van der Waals surface area (Å²) in [7, 11) is 0. The van der Waals surface area contributed by atoms with Crippen LogP contribution in [0.3, 0.4) is 0 Å². The molecule has 12 heteroatoms. The van der Waals surface area contributed by atoms with Crippen LogP contribution in [0.4, 0.5) is 9.18 Å². The van der Waals surface area contributed by atoms with Gasteiger partial charge in [0.1, 0.15) is 35.1 Å². The maximum absolute atomic E-state index is 14.3. The number of alkyl carbamates (subject to hydrolysis) is 1. The molecule has 2 aromatic carbocycles. The van der Waals surface area contributed by atoms with Crippen molar-refractivity contribution in [2.24, 2.45) is 5.92 Å². The molecule has 48 heavy (non-hydrogen) atoms. The van der Waals surface area contributed by atoms with Crippen LogP contribution >= 0.6 is 0 Å². The lowest BCUT2D eigenvalue weighted by molar-refractivity contribution is -0.145. The van der Waals surface area contributed by atoms with E-state index in [1.165, 1.54) is 17.0 Å². The normalized spacial score (nSPS) is 27.2. The molecule has 2 aliphatic heterocycles. The van der Waals surface area contributed by atoms with Gasteiger partial charge in [-0.05, 0) is 70.0 Å². The molecule has 3 aliphatic rings. The minimum Gasteiger partial charge on any atom is -0.479 e. The van der Waals surface area contributed by atoms with Gasteiger partial charge in [0.15, 0.2) is 0 Å². The highest BCUT2D eigenvalue weighted by Crippen LogP contribution is 2.45. The van der Waals surface area contributed by atoms with E-state index in [2.05, 4.69) is 15.6 Å². The summed E-state index contributed by atoms with van der Waals surface area (Å²) in [4.78, 5) is 59.5. The molecule has 254 valence electrons. The highest BCUT2D eigenvalue weighted by Gasteiger charge is 2.61. The lowest BCUT2D eigenvalue weighted by Crippen LogP contribution is -2.56. The minimum atomic E-state index is -1.46. The van der Waals surface area contributed by atoms with Crippen LogP contribution in [-0.4, -0.2) is 74.7 Å². The van der Waals surface area contributed by atoms with Crippen molar-refractivity contribution in [3.63, 3.8) is 0 Å². The summed E-state index contributed by atoms with van der Waals surface area (Å²) in [6.45, 7) is 5.15. The van der Waals surface area contributed by atoms with Gasteiger partial charge in [0.25, 0.3) is 0 Å². The number of ether oxygens (including phenoxy) is 2. The van der Waals surface area contributed by atoms with Crippen LogP contribution in [0.25, 0.3) is 21.7 Å². The highest BCUT2D eigenvalue weighted by molar-refractivity contribution is 6.07. The summed E-state index contributed by atoms with van der Waals surface area (Å²) in [5, 5.41) is 17.8. The monoisotopic (exact) mass is 660 g/mol. The number of carbonyl (C=O) groups is 4. The van der Waals surface area contributed by atoms with Gasteiger partial charge in [-0.2, -0.15) is 0 Å². The van der Waals surface area contributed by atoms with E-state index in [9.17, 15) is 28.7 Å². The predicted octanol–water partition coefficient (Wildman–Crippen LogP) is 5.25. The van der Waals surface area contributed by atoms with Gasteiger partial charge < -0.3 is 30.1 Å². The maximum Gasteiger partial charge on any atom is 0.408 e. The molecule has 1 saturated heterocycles. The van der Waals surface area contributed by atoms with E-state index >= 15 is 0 Å². The van der Waals surface area contributed by atoms with Crippen LogP contribution in [-0.2, 0) is 19.1 Å². The number of halogens is 1. The third kappa shape index (κ3) is 6.93. The van der Waals surface area contributed by atoms with Gasteiger partial charge in [-0.25, -0.2) is 19.0 Å². The predicted molar refractivity (Wildman–Crippen MR) is 176 cm³/mol. The Hall–Kier alpha value is -4.74. The maximum atomic E-state index is 14.3. The second-order valence-electron chi connectivity index (χ2n) is 13.9. The molecule has 0 radical (unpaired) electrons. The number of benzene rings is 2. The number of amides is 3. The summed E-state index contributed by atoms with van der Waals surface area (Å²) >= 11 is 0. The SMILES string of the molecule is CC(C)(C)OC(=O)N[C@H]1CCCCC/C=C\[C@@H]2C[C@@]2(C(=O)O)NC(=O)[C@@H]2C[C@@H](Oc3nc4cc(F)ccc4c4ccccc34)CN2C1=O. The Kier molecular flexibility index (Phi) is 9.02. The van der Waals surface area contributed by atoms with Gasteiger partial charge in [0.05, 0.1) is 12.1 Å². The fourth-order valence-electron chi connectivity index (χ4n) is 6.74. The molecule has 1 saturated carbocycles. The van der Waals surface area contributed by atoms with Gasteiger partial charge >= 0.3 is 12.1 Å². The fraction of sp³-hybridized carbons (Fsp3) is 0.472. The standard InChI is InChI=1S/C36H41FN4O7/c1-35(2,3)48-34(46)39-27-14-8-6-4-5-7-11-21-19-36(21,33(44)45)40-30(42)29-18-23(20-41(29)32(27)43)47-31-26-13-10-9-12-24(26)25-16-15-22(37)17-28(25)38-31/h7,9-13,15-17,21,23,27,29H,4-6,8,14,18-20H2,1-3H3,(H,39,46)(H,40,42)(H,44,45)/b11-7-/t21-,23-,27+,29+,36-/m1/s1. The van der Waals surface area contributed by atoms with Gasteiger partial charge in [-0.15, -0.1) is 0 Å². The zero-order chi connectivity index (χ0) is 34.2. The number of fused-ring (bicyclic) bond motifs is 5. The first-order valence-electron chi connectivity index (χ1n) is 16.5. The van der Waals surface area contributed by atoms with E-state index in [1.54, 1.807) is 26.8 Å². The Morgan fingerprint density at radius 1 is 1.08 bits per heavy atom. The fourth-order valence-corrected chi connectivity index (χ4v) is 6.74. The average molecular weight is 661 g/mol. The zero-order valence-electron chi connectivity index (χ0n) is 27.3. The molecule has 1 aromatic heterocycles. The quantitative estimate of drug-likeness (QED) is 0.254. The molecule has 1 aliphatic carbocycles. The van der Waals surface area contributed by atoms with Crippen LogP contribution in [0.15, 0.2) is 54.6 Å². The highest BCUT2D eigenvalue weighted by atomic mass is 19.1. The molecule has 0 unspecified atom stereocenters. The van der Waals surface area contributed by atoms with Crippen molar-refractivity contribution in [3.05, 3.63) is 60.4 Å². The second kappa shape index (κ2) is 13.0. The third-order valence-electron chi connectivity index (χ3n) is 9.22. The van der Waals surface area contributed by atoms with E-state index in [0.717, 1.165) is 30.0 Å². The Balaban J connectivity index is 1.33. The van der Waals surface area contributed by atoms with E-state index in [1.807, 2.05) is 36.4 Å². The summed E-state index contributed by atoms with van der Waals surface area (Å²) in [6, 6.07) is 9.71. The van der Waals surface area contributed by atoms with Crippen LogP contribution in [0.2, 0.25) is 0 Å². The number of pyridine rings is 1. The Labute approximate surface area is 277 Å². The number of hydrogen-bond donors (Lipinski definition) is 3. The average Bonchev–Trinajstić information content (AvgIpc) is 3.56. The van der Waals surface area contributed by atoms with Crippen molar-refractivity contribution in [1.29, 1.82) is 0 Å². The Bertz CT molecular complexity index is 1790. The number of rotatable bonds is 4. The minimum absolute atomic E-state index is 0.0238. The van der Waals surface area contributed by atoms with Crippen LogP contribution in [0.1, 0.15) is 65.7 Å². The van der Waals surface area contributed by atoms with Crippen LogP contribution in [0, 0.1) is 11.7 Å². The molecule has 6 rings (SSSR count). The van der Waals surface area contributed by atoms with Gasteiger partial charge in [0.2, 0.25) is 17.7 Å². The summed E-state index contributed by atoms with van der Waals surface area (Å²) < 4.78 is 26.1. The van der Waals surface area contributed by atoms with E-state index in [-0.39, 0.29) is 31.2 Å². The van der Waals surface area contributed by atoms with Crippen LogP contribution < -0.4 is 15.4 Å². The van der Waals surface area contributed by atoms with Crippen molar-refractivity contribution < 1.29 is 38.1 Å². The molecule has 3 aromatic rings. The number of carbonyl (C=O) groups excluding carboxylic acids is 3. The Morgan fingerprint density at radius 2 is 1.85 bits per heavy atom. The van der Waals surface area contributed by atoms with Crippen molar-refractivity contribution in [2.45, 2.75) is 95.0 Å². The van der Waals surface area contributed by atoms with Gasteiger partial charge in [-0.3, -0.25) is 9.59 Å². The topological polar surface area (TPSA) is 147 Å². The number of carboxylic acids is 1. The molecule has 3 N–H and O–H groups in total. The molecule has 2 fully saturated rings. The third-order valence-corrected chi connectivity index (χ3v) is 9.22. The zero-order valence-corrected chi connectivity index (χ0v) is 27.3. The van der Waals surface area contributed by atoms with Gasteiger partial charge in [0, 0.05) is 29.2 Å². The van der Waals surface area contributed by atoms with Crippen molar-refractivity contribution >= 4 is 45.6 Å². The number of aromatic nitrogens is 1. The first-order valence-corrected chi connectivity index (χ1v) is 16.5. The Morgan fingerprint density at radius 3 is 2.60 bits per heavy atom. The summed E-state index contributed by atoms with van der Waals surface area (Å²) in [5.74, 6) is -2.83. The number of allylic oxidation sites excluding steroid dienone is 1. The van der Waals surface area contributed by atoms with E-state index < -0.39 is 59.0 Å². The number of aliphatic carboxylic acids is 1. The lowest BCUT2D eigenvalue weighted by atomic mass is 10.0. The van der Waals surface area contributed by atoms with Crippen LogP contribution in [0.5, 0.6) is 5.88 Å². The number of carboxylic acid groups (broad SMARTS) is 1. The smallest absolute Gasteiger partial charge is 0.408 e. The molecular formula is C36H41FN4O7. The lowest BCUT2D eigenvalue weighted by Gasteiger charge is -2.30. The molecular weight excluding hydrogens is 619 g/mol. The molecule has 5 atom stereocenters. The first-order chi connectivity index (χ1) is 22.8. The molecule has 0 spiro atoms. The second-order valence-corrected chi connectivity index (χ2v) is 13.9. The number of nitrogens with zero attached hydrogens (tertiary/aromatic N) is 2. The number of nitrogens with one attached hydrogen (secondary N) is 2. The molecule has 3 heterocycles. The van der Waals surface area contributed by atoms with Crippen molar-refractivity contribution in [2.75, 3.05) is 6.54 Å². The molecule has 3 amide bonds.